The molecule has 1 atom stereocenters. The number of rotatable bonds is 6. The SMILES string of the molecule is CN=C(NCCc1ccc(S(C)(=O)=O)cc1)NC1CCN(C(=O)C(C)C)C1.I. The highest BCUT2D eigenvalue weighted by Crippen LogP contribution is 2.13. The van der Waals surface area contributed by atoms with Crippen LogP contribution in [0.15, 0.2) is 34.2 Å². The van der Waals surface area contributed by atoms with Crippen molar-refractivity contribution in [2.45, 2.75) is 37.6 Å². The van der Waals surface area contributed by atoms with Crippen molar-refractivity contribution in [3.05, 3.63) is 29.8 Å². The van der Waals surface area contributed by atoms with Gasteiger partial charge in [0.25, 0.3) is 0 Å². The average molecular weight is 522 g/mol. The standard InChI is InChI=1S/C19H30N4O3S.HI/c1-14(2)18(24)23-12-10-16(13-23)22-19(20-3)21-11-9-15-5-7-17(8-6-15)27(4,25)26;/h5-8,14,16H,9-13H2,1-4H3,(H2,20,21,22);1H. The first-order valence-corrected chi connectivity index (χ1v) is 11.1. The molecular formula is C19H31IN4O3S. The van der Waals surface area contributed by atoms with Crippen LogP contribution in [0.25, 0.3) is 0 Å². The second kappa shape index (κ2) is 11.0. The summed E-state index contributed by atoms with van der Waals surface area (Å²) in [5.41, 5.74) is 1.06. The van der Waals surface area contributed by atoms with Crippen LogP contribution in [0.5, 0.6) is 0 Å². The minimum Gasteiger partial charge on any atom is -0.356 e. The third-order valence-corrected chi connectivity index (χ3v) is 5.74. The summed E-state index contributed by atoms with van der Waals surface area (Å²) in [5, 5.41) is 6.64. The molecule has 1 saturated heterocycles. The summed E-state index contributed by atoms with van der Waals surface area (Å²) in [6, 6.07) is 7.14. The van der Waals surface area contributed by atoms with Crippen molar-refractivity contribution < 1.29 is 13.2 Å². The van der Waals surface area contributed by atoms with E-state index in [-0.39, 0.29) is 41.8 Å². The van der Waals surface area contributed by atoms with Crippen LogP contribution in [0.4, 0.5) is 0 Å². The van der Waals surface area contributed by atoms with Crippen LogP contribution in [0.1, 0.15) is 25.8 Å². The molecule has 1 fully saturated rings. The molecule has 1 amide bonds. The zero-order valence-electron chi connectivity index (χ0n) is 16.9. The largest absolute Gasteiger partial charge is 0.356 e. The fourth-order valence-electron chi connectivity index (χ4n) is 3.06. The van der Waals surface area contributed by atoms with E-state index in [0.717, 1.165) is 24.9 Å². The summed E-state index contributed by atoms with van der Waals surface area (Å²) >= 11 is 0. The number of aliphatic imine (C=N–C) groups is 1. The monoisotopic (exact) mass is 522 g/mol. The minimum atomic E-state index is -3.16. The van der Waals surface area contributed by atoms with Gasteiger partial charge in [-0.3, -0.25) is 9.79 Å². The Labute approximate surface area is 185 Å². The molecule has 0 radical (unpaired) electrons. The lowest BCUT2D eigenvalue weighted by Gasteiger charge is -2.20. The van der Waals surface area contributed by atoms with Gasteiger partial charge in [0.15, 0.2) is 15.8 Å². The lowest BCUT2D eigenvalue weighted by molar-refractivity contribution is -0.133. The van der Waals surface area contributed by atoms with Crippen LogP contribution in [0.2, 0.25) is 0 Å². The van der Waals surface area contributed by atoms with E-state index < -0.39 is 9.84 Å². The Morgan fingerprint density at radius 1 is 1.29 bits per heavy atom. The summed E-state index contributed by atoms with van der Waals surface area (Å²) in [6.07, 6.45) is 2.87. The number of hydrogen-bond acceptors (Lipinski definition) is 4. The van der Waals surface area contributed by atoms with Gasteiger partial charge in [0, 0.05) is 44.9 Å². The molecule has 0 spiro atoms. The van der Waals surface area contributed by atoms with Crippen molar-refractivity contribution in [1.82, 2.24) is 15.5 Å². The highest BCUT2D eigenvalue weighted by molar-refractivity contribution is 14.0. The van der Waals surface area contributed by atoms with Crippen LogP contribution >= 0.6 is 24.0 Å². The van der Waals surface area contributed by atoms with Crippen molar-refractivity contribution >= 4 is 45.7 Å². The van der Waals surface area contributed by atoms with Crippen molar-refractivity contribution in [2.75, 3.05) is 32.9 Å². The lowest BCUT2D eigenvalue weighted by atomic mass is 10.1. The number of guanidine groups is 1. The third kappa shape index (κ3) is 7.23. The second-order valence-corrected chi connectivity index (χ2v) is 9.25. The predicted octanol–water partition coefficient (Wildman–Crippen LogP) is 1.67. The molecule has 1 aromatic carbocycles. The number of carbonyl (C=O) groups is 1. The molecule has 1 unspecified atom stereocenters. The van der Waals surface area contributed by atoms with Gasteiger partial charge in [0.1, 0.15) is 0 Å². The Kier molecular flexibility index (Phi) is 9.68. The summed E-state index contributed by atoms with van der Waals surface area (Å²) in [5.74, 6) is 0.932. The molecule has 7 nitrogen and oxygen atoms in total. The molecule has 1 aliphatic heterocycles. The molecular weight excluding hydrogens is 491 g/mol. The van der Waals surface area contributed by atoms with Crippen LogP contribution in [0, 0.1) is 5.92 Å². The van der Waals surface area contributed by atoms with E-state index in [9.17, 15) is 13.2 Å². The Hall–Kier alpha value is -1.36. The number of nitrogens with zero attached hydrogens (tertiary/aromatic N) is 2. The number of benzene rings is 1. The molecule has 1 aromatic rings. The zero-order valence-corrected chi connectivity index (χ0v) is 20.1. The quantitative estimate of drug-likeness (QED) is 0.337. The van der Waals surface area contributed by atoms with Gasteiger partial charge in [-0.15, -0.1) is 24.0 Å². The molecule has 0 bridgehead atoms. The first-order chi connectivity index (χ1) is 12.7. The van der Waals surface area contributed by atoms with Gasteiger partial charge in [-0.1, -0.05) is 26.0 Å². The maximum Gasteiger partial charge on any atom is 0.225 e. The van der Waals surface area contributed by atoms with Gasteiger partial charge in [-0.2, -0.15) is 0 Å². The summed E-state index contributed by atoms with van der Waals surface area (Å²) in [6.45, 7) is 6.00. The molecule has 158 valence electrons. The maximum absolute atomic E-state index is 12.1. The van der Waals surface area contributed by atoms with Crippen molar-refractivity contribution in [1.29, 1.82) is 0 Å². The van der Waals surface area contributed by atoms with Gasteiger partial charge < -0.3 is 15.5 Å². The van der Waals surface area contributed by atoms with Crippen LogP contribution in [0.3, 0.4) is 0 Å². The molecule has 2 N–H and O–H groups in total. The highest BCUT2D eigenvalue weighted by Gasteiger charge is 2.27. The van der Waals surface area contributed by atoms with Crippen molar-refractivity contribution in [3.8, 4) is 0 Å². The summed E-state index contributed by atoms with van der Waals surface area (Å²) in [4.78, 5) is 18.6. The zero-order chi connectivity index (χ0) is 20.0. The number of likely N-dealkylation sites (tertiary alicyclic amines) is 1. The van der Waals surface area contributed by atoms with E-state index in [1.807, 2.05) is 30.9 Å². The molecule has 28 heavy (non-hydrogen) atoms. The maximum atomic E-state index is 12.1. The van der Waals surface area contributed by atoms with E-state index >= 15 is 0 Å². The number of amides is 1. The first-order valence-electron chi connectivity index (χ1n) is 9.25. The van der Waals surface area contributed by atoms with Gasteiger partial charge >= 0.3 is 0 Å². The summed E-state index contributed by atoms with van der Waals surface area (Å²) in [7, 11) is -1.44. The lowest BCUT2D eigenvalue weighted by Crippen LogP contribution is -2.45. The minimum absolute atomic E-state index is 0. The van der Waals surface area contributed by atoms with Gasteiger partial charge in [-0.25, -0.2) is 8.42 Å². The molecule has 0 saturated carbocycles. The van der Waals surface area contributed by atoms with E-state index in [2.05, 4.69) is 15.6 Å². The predicted molar refractivity (Wildman–Crippen MR) is 123 cm³/mol. The van der Waals surface area contributed by atoms with E-state index in [0.29, 0.717) is 23.9 Å². The number of hydrogen-bond donors (Lipinski definition) is 2. The molecule has 2 rings (SSSR count). The normalized spacial score (nSPS) is 17.4. The molecule has 9 heteroatoms. The van der Waals surface area contributed by atoms with Crippen LogP contribution in [-0.2, 0) is 21.1 Å². The van der Waals surface area contributed by atoms with Gasteiger partial charge in [0.05, 0.1) is 4.90 Å². The second-order valence-electron chi connectivity index (χ2n) is 7.23. The fraction of sp³-hybridized carbons (Fsp3) is 0.579. The highest BCUT2D eigenvalue weighted by atomic mass is 127. The topological polar surface area (TPSA) is 90.9 Å². The first kappa shape index (κ1) is 24.7. The van der Waals surface area contributed by atoms with Crippen LogP contribution < -0.4 is 10.6 Å². The average Bonchev–Trinajstić information content (AvgIpc) is 3.08. The summed E-state index contributed by atoms with van der Waals surface area (Å²) < 4.78 is 23.0. The third-order valence-electron chi connectivity index (χ3n) is 4.62. The van der Waals surface area contributed by atoms with E-state index in [1.54, 1.807) is 19.2 Å². The Morgan fingerprint density at radius 3 is 2.46 bits per heavy atom. The Bertz CT molecular complexity index is 779. The number of carbonyl (C=O) groups excluding carboxylic acids is 1. The molecule has 1 aliphatic rings. The van der Waals surface area contributed by atoms with E-state index in [4.69, 9.17) is 0 Å². The van der Waals surface area contributed by atoms with Gasteiger partial charge in [-0.05, 0) is 30.5 Å². The van der Waals surface area contributed by atoms with Crippen LogP contribution in [-0.4, -0.2) is 64.2 Å². The molecule has 1 heterocycles. The van der Waals surface area contributed by atoms with Crippen molar-refractivity contribution in [3.63, 3.8) is 0 Å². The van der Waals surface area contributed by atoms with Crippen molar-refractivity contribution in [2.24, 2.45) is 10.9 Å². The molecule has 0 aliphatic carbocycles. The fourth-order valence-corrected chi connectivity index (χ4v) is 3.69. The Balaban J connectivity index is 0.00000392. The number of halogens is 1. The number of sulfone groups is 1. The smallest absolute Gasteiger partial charge is 0.225 e. The Morgan fingerprint density at radius 2 is 1.93 bits per heavy atom. The number of nitrogens with one attached hydrogen (secondary N) is 2. The van der Waals surface area contributed by atoms with E-state index in [1.165, 1.54) is 6.26 Å². The molecule has 0 aromatic heterocycles. The van der Waals surface area contributed by atoms with Gasteiger partial charge in [0.2, 0.25) is 5.91 Å².